The maximum absolute atomic E-state index is 13.0. The Labute approximate surface area is 166 Å². The quantitative estimate of drug-likeness (QED) is 0.554. The lowest BCUT2D eigenvalue weighted by Gasteiger charge is -2.13. The predicted octanol–water partition coefficient (Wildman–Crippen LogP) is 4.00. The van der Waals surface area contributed by atoms with E-state index in [-0.39, 0.29) is 35.5 Å². The average molecular weight is 381 g/mol. The van der Waals surface area contributed by atoms with E-state index in [1.165, 1.54) is 6.07 Å². The number of rotatable bonds is 8. The van der Waals surface area contributed by atoms with Crippen LogP contribution in [-0.2, 0) is 9.53 Å². The zero-order valence-electron chi connectivity index (χ0n) is 16.9. The minimum absolute atomic E-state index is 0.0226. The van der Waals surface area contributed by atoms with Crippen molar-refractivity contribution in [2.45, 2.75) is 46.6 Å². The fraction of sp³-hybridized carbons (Fsp3) is 0.348. The van der Waals surface area contributed by atoms with Gasteiger partial charge in [-0.3, -0.25) is 9.59 Å². The normalized spacial score (nSPS) is 11.6. The molecule has 0 fully saturated rings. The van der Waals surface area contributed by atoms with Crippen LogP contribution in [-0.4, -0.2) is 30.3 Å². The summed E-state index contributed by atoms with van der Waals surface area (Å²) in [5.74, 6) is -1.28. The van der Waals surface area contributed by atoms with E-state index in [0.29, 0.717) is 5.56 Å². The van der Waals surface area contributed by atoms with Crippen molar-refractivity contribution in [2.24, 2.45) is 0 Å². The first-order chi connectivity index (χ1) is 13.3. The molecule has 0 spiro atoms. The van der Waals surface area contributed by atoms with Crippen molar-refractivity contribution in [3.63, 3.8) is 0 Å². The first-order valence-corrected chi connectivity index (χ1v) is 9.51. The minimum Gasteiger partial charge on any atom is -0.452 e. The second kappa shape index (κ2) is 9.83. The molecular formula is C23H27NO4. The number of benzene rings is 2. The van der Waals surface area contributed by atoms with Crippen LogP contribution in [0.5, 0.6) is 0 Å². The second-order valence-corrected chi connectivity index (χ2v) is 7.03. The predicted molar refractivity (Wildman–Crippen MR) is 109 cm³/mol. The topological polar surface area (TPSA) is 72.5 Å². The van der Waals surface area contributed by atoms with Crippen molar-refractivity contribution < 1.29 is 19.1 Å². The molecule has 0 unspecified atom stereocenters. The van der Waals surface area contributed by atoms with Crippen LogP contribution in [0.1, 0.15) is 64.1 Å². The van der Waals surface area contributed by atoms with E-state index >= 15 is 0 Å². The number of esters is 1. The highest BCUT2D eigenvalue weighted by Crippen LogP contribution is 2.19. The van der Waals surface area contributed by atoms with Gasteiger partial charge >= 0.3 is 5.97 Å². The fourth-order valence-electron chi connectivity index (χ4n) is 3.02. The number of ketones is 1. The van der Waals surface area contributed by atoms with Gasteiger partial charge < -0.3 is 10.1 Å². The smallest absolute Gasteiger partial charge is 0.339 e. The summed E-state index contributed by atoms with van der Waals surface area (Å²) < 4.78 is 5.15. The van der Waals surface area contributed by atoms with Crippen molar-refractivity contribution in [3.8, 4) is 0 Å². The van der Waals surface area contributed by atoms with E-state index < -0.39 is 5.97 Å². The molecule has 5 heteroatoms. The number of ether oxygens (including phenoxy) is 1. The molecule has 0 saturated heterocycles. The van der Waals surface area contributed by atoms with Gasteiger partial charge in [0.15, 0.2) is 12.4 Å². The first kappa shape index (κ1) is 21.4. The molecule has 1 amide bonds. The second-order valence-electron chi connectivity index (χ2n) is 7.03. The van der Waals surface area contributed by atoms with Crippen molar-refractivity contribution in [2.75, 3.05) is 6.61 Å². The maximum Gasteiger partial charge on any atom is 0.339 e. The van der Waals surface area contributed by atoms with E-state index in [0.717, 1.165) is 24.0 Å². The van der Waals surface area contributed by atoms with Gasteiger partial charge in [0.2, 0.25) is 0 Å². The lowest BCUT2D eigenvalue weighted by atomic mass is 9.94. The largest absolute Gasteiger partial charge is 0.452 e. The highest BCUT2D eigenvalue weighted by molar-refractivity contribution is 6.15. The van der Waals surface area contributed by atoms with Crippen molar-refractivity contribution in [1.82, 2.24) is 5.32 Å². The number of hydrogen-bond acceptors (Lipinski definition) is 4. The number of nitrogens with one attached hydrogen (secondary N) is 1. The van der Waals surface area contributed by atoms with Crippen LogP contribution in [0.3, 0.4) is 0 Å². The molecule has 0 saturated carbocycles. The van der Waals surface area contributed by atoms with Gasteiger partial charge in [0.05, 0.1) is 5.56 Å². The van der Waals surface area contributed by atoms with Crippen molar-refractivity contribution in [1.29, 1.82) is 0 Å². The molecule has 1 N–H and O–H groups in total. The Bertz CT molecular complexity index is 873. The van der Waals surface area contributed by atoms with E-state index in [2.05, 4.69) is 5.32 Å². The molecule has 0 aliphatic carbocycles. The molecule has 0 heterocycles. The summed E-state index contributed by atoms with van der Waals surface area (Å²) in [6, 6.07) is 12.2. The molecular weight excluding hydrogens is 354 g/mol. The molecule has 0 radical (unpaired) electrons. The first-order valence-electron chi connectivity index (χ1n) is 9.51. The van der Waals surface area contributed by atoms with Crippen LogP contribution in [0.25, 0.3) is 0 Å². The number of hydrogen-bond donors (Lipinski definition) is 1. The summed E-state index contributed by atoms with van der Waals surface area (Å²) in [7, 11) is 0. The highest BCUT2D eigenvalue weighted by Gasteiger charge is 2.21. The number of carbonyl (C=O) groups excluding carboxylic acids is 3. The SMILES string of the molecule is CCC[C@@H](C)NC(=O)COC(=O)c1ccccc1C(=O)c1cc(C)ccc1C. The molecule has 2 aromatic carbocycles. The zero-order valence-corrected chi connectivity index (χ0v) is 16.9. The lowest BCUT2D eigenvalue weighted by Crippen LogP contribution is -2.35. The maximum atomic E-state index is 13.0. The van der Waals surface area contributed by atoms with Crippen LogP contribution < -0.4 is 5.32 Å². The summed E-state index contributed by atoms with van der Waals surface area (Å²) in [6.45, 7) is 7.33. The minimum atomic E-state index is -0.687. The van der Waals surface area contributed by atoms with Gasteiger partial charge in [-0.15, -0.1) is 0 Å². The Kier molecular flexibility index (Phi) is 7.50. The standard InChI is InChI=1S/C23H27NO4/c1-5-8-17(4)24-21(25)14-28-23(27)19-10-7-6-9-18(19)22(26)20-13-15(2)11-12-16(20)3/h6-7,9-13,17H,5,8,14H2,1-4H3,(H,24,25)/t17-/m1/s1. The highest BCUT2D eigenvalue weighted by atomic mass is 16.5. The molecule has 2 aromatic rings. The third kappa shape index (κ3) is 5.52. The third-order valence-corrected chi connectivity index (χ3v) is 4.49. The van der Waals surface area contributed by atoms with Gasteiger partial charge in [-0.2, -0.15) is 0 Å². The lowest BCUT2D eigenvalue weighted by molar-refractivity contribution is -0.124. The Balaban J connectivity index is 2.15. The van der Waals surface area contributed by atoms with E-state index in [1.54, 1.807) is 18.2 Å². The monoisotopic (exact) mass is 381 g/mol. The molecule has 148 valence electrons. The Morgan fingerprint density at radius 1 is 1.00 bits per heavy atom. The van der Waals surface area contributed by atoms with Crippen LogP contribution >= 0.6 is 0 Å². The summed E-state index contributed by atoms with van der Waals surface area (Å²) in [5.41, 5.74) is 2.77. The Hall–Kier alpha value is -2.95. The molecule has 2 rings (SSSR count). The van der Waals surface area contributed by atoms with Crippen LogP contribution in [0.2, 0.25) is 0 Å². The molecule has 1 atom stereocenters. The van der Waals surface area contributed by atoms with E-state index in [1.807, 2.05) is 45.9 Å². The summed E-state index contributed by atoms with van der Waals surface area (Å²) in [6.07, 6.45) is 1.81. The summed E-state index contributed by atoms with van der Waals surface area (Å²) in [4.78, 5) is 37.5. The van der Waals surface area contributed by atoms with Gasteiger partial charge in [0.1, 0.15) is 0 Å². The van der Waals surface area contributed by atoms with Crippen molar-refractivity contribution >= 4 is 17.7 Å². The number of aryl methyl sites for hydroxylation is 2. The van der Waals surface area contributed by atoms with Gasteiger partial charge in [-0.1, -0.05) is 49.2 Å². The van der Waals surface area contributed by atoms with Crippen molar-refractivity contribution in [3.05, 3.63) is 70.3 Å². The summed E-state index contributed by atoms with van der Waals surface area (Å²) in [5, 5.41) is 2.78. The van der Waals surface area contributed by atoms with Gasteiger partial charge in [0.25, 0.3) is 5.91 Å². The molecule has 28 heavy (non-hydrogen) atoms. The average Bonchev–Trinajstić information content (AvgIpc) is 2.67. The Morgan fingerprint density at radius 3 is 2.36 bits per heavy atom. The van der Waals surface area contributed by atoms with Gasteiger partial charge in [-0.05, 0) is 44.9 Å². The van der Waals surface area contributed by atoms with Crippen LogP contribution in [0, 0.1) is 13.8 Å². The number of amides is 1. The van der Waals surface area contributed by atoms with E-state index in [4.69, 9.17) is 4.74 Å². The zero-order chi connectivity index (χ0) is 20.7. The van der Waals surface area contributed by atoms with Crippen LogP contribution in [0.4, 0.5) is 0 Å². The summed E-state index contributed by atoms with van der Waals surface area (Å²) >= 11 is 0. The molecule has 0 aromatic heterocycles. The van der Waals surface area contributed by atoms with Gasteiger partial charge in [-0.25, -0.2) is 4.79 Å². The van der Waals surface area contributed by atoms with Crippen LogP contribution in [0.15, 0.2) is 42.5 Å². The molecule has 0 aliphatic heterocycles. The molecule has 0 bridgehead atoms. The molecule has 5 nitrogen and oxygen atoms in total. The number of carbonyl (C=O) groups is 3. The molecule has 0 aliphatic rings. The third-order valence-electron chi connectivity index (χ3n) is 4.49. The fourth-order valence-corrected chi connectivity index (χ4v) is 3.02. The Morgan fingerprint density at radius 2 is 1.68 bits per heavy atom. The van der Waals surface area contributed by atoms with Gasteiger partial charge in [0, 0.05) is 17.2 Å². The van der Waals surface area contributed by atoms with E-state index in [9.17, 15) is 14.4 Å².